The highest BCUT2D eigenvalue weighted by Gasteiger charge is 2.27. The second-order valence-electron chi connectivity index (χ2n) is 6.14. The lowest BCUT2D eigenvalue weighted by Gasteiger charge is -2.31. The number of nitrogens with one attached hydrogen (secondary N) is 1. The zero-order chi connectivity index (χ0) is 18.4. The second kappa shape index (κ2) is 9.05. The SMILES string of the molecule is O=C(NCCOc1ccc(Cl)cc1)C1CCN(C(=O)c2cccs2)CC1. The van der Waals surface area contributed by atoms with Crippen LogP contribution < -0.4 is 10.1 Å². The van der Waals surface area contributed by atoms with Gasteiger partial charge in [0.25, 0.3) is 5.91 Å². The van der Waals surface area contributed by atoms with Gasteiger partial charge in [-0.2, -0.15) is 0 Å². The summed E-state index contributed by atoms with van der Waals surface area (Å²) >= 11 is 7.28. The smallest absolute Gasteiger partial charge is 0.263 e. The Morgan fingerprint density at radius 1 is 1.19 bits per heavy atom. The largest absolute Gasteiger partial charge is 0.492 e. The molecule has 0 aliphatic carbocycles. The van der Waals surface area contributed by atoms with Gasteiger partial charge in [0.1, 0.15) is 12.4 Å². The van der Waals surface area contributed by atoms with Gasteiger partial charge in [-0.1, -0.05) is 17.7 Å². The molecular formula is C19H21ClN2O3S. The van der Waals surface area contributed by atoms with E-state index >= 15 is 0 Å². The summed E-state index contributed by atoms with van der Waals surface area (Å²) < 4.78 is 5.56. The normalized spacial score (nSPS) is 14.9. The zero-order valence-corrected chi connectivity index (χ0v) is 15.9. The van der Waals surface area contributed by atoms with Crippen LogP contribution in [0.5, 0.6) is 5.75 Å². The molecule has 1 aliphatic heterocycles. The molecule has 138 valence electrons. The maximum Gasteiger partial charge on any atom is 0.263 e. The number of ether oxygens (including phenoxy) is 1. The fraction of sp³-hybridized carbons (Fsp3) is 0.368. The van der Waals surface area contributed by atoms with E-state index in [1.807, 2.05) is 22.4 Å². The third kappa shape index (κ3) is 4.99. The minimum atomic E-state index is -0.0436. The van der Waals surface area contributed by atoms with Crippen LogP contribution in [0.3, 0.4) is 0 Å². The topological polar surface area (TPSA) is 58.6 Å². The first-order chi connectivity index (χ1) is 12.6. The van der Waals surface area contributed by atoms with Crippen molar-refractivity contribution in [3.63, 3.8) is 0 Å². The number of amides is 2. The summed E-state index contributed by atoms with van der Waals surface area (Å²) in [6.07, 6.45) is 1.39. The third-order valence-corrected chi connectivity index (χ3v) is 5.48. The molecule has 0 saturated carbocycles. The van der Waals surface area contributed by atoms with E-state index in [2.05, 4.69) is 5.32 Å². The van der Waals surface area contributed by atoms with E-state index < -0.39 is 0 Å². The van der Waals surface area contributed by atoms with E-state index in [9.17, 15) is 9.59 Å². The number of halogens is 1. The number of thiophene rings is 1. The maximum absolute atomic E-state index is 12.3. The number of hydrogen-bond donors (Lipinski definition) is 1. The molecule has 0 radical (unpaired) electrons. The lowest BCUT2D eigenvalue weighted by atomic mass is 9.96. The van der Waals surface area contributed by atoms with Gasteiger partial charge in [0, 0.05) is 24.0 Å². The molecule has 2 amide bonds. The molecule has 1 N–H and O–H groups in total. The summed E-state index contributed by atoms with van der Waals surface area (Å²) in [6, 6.07) is 10.8. The van der Waals surface area contributed by atoms with E-state index in [0.29, 0.717) is 44.1 Å². The summed E-state index contributed by atoms with van der Waals surface area (Å²) in [4.78, 5) is 27.2. The highest BCUT2D eigenvalue weighted by atomic mass is 35.5. The Kier molecular flexibility index (Phi) is 6.52. The van der Waals surface area contributed by atoms with E-state index in [1.54, 1.807) is 24.3 Å². The monoisotopic (exact) mass is 392 g/mol. The summed E-state index contributed by atoms with van der Waals surface area (Å²) in [5.74, 6) is 0.783. The molecule has 0 spiro atoms. The standard InChI is InChI=1S/C19H21ClN2O3S/c20-15-3-5-16(6-4-15)25-12-9-21-18(23)14-7-10-22(11-8-14)19(24)17-2-1-13-26-17/h1-6,13-14H,7-12H2,(H,21,23). The molecule has 1 aromatic heterocycles. The number of nitrogens with zero attached hydrogens (tertiary/aromatic N) is 1. The highest BCUT2D eigenvalue weighted by Crippen LogP contribution is 2.21. The van der Waals surface area contributed by atoms with Crippen LogP contribution in [-0.2, 0) is 4.79 Å². The summed E-state index contributed by atoms with van der Waals surface area (Å²) in [6.45, 7) is 2.10. The number of carbonyl (C=O) groups is 2. The molecule has 2 heterocycles. The summed E-state index contributed by atoms with van der Waals surface area (Å²) in [5, 5.41) is 5.48. The predicted octanol–water partition coefficient (Wildman–Crippen LogP) is 3.45. The highest BCUT2D eigenvalue weighted by molar-refractivity contribution is 7.12. The van der Waals surface area contributed by atoms with E-state index in [1.165, 1.54) is 11.3 Å². The molecule has 0 atom stereocenters. The third-order valence-electron chi connectivity index (χ3n) is 4.37. The molecule has 1 aromatic carbocycles. The van der Waals surface area contributed by atoms with Crippen LogP contribution in [-0.4, -0.2) is 43.0 Å². The van der Waals surface area contributed by atoms with Gasteiger partial charge in [-0.05, 0) is 48.6 Å². The lowest BCUT2D eigenvalue weighted by molar-refractivity contribution is -0.126. The van der Waals surface area contributed by atoms with Gasteiger partial charge in [-0.15, -0.1) is 11.3 Å². The Bertz CT molecular complexity index is 726. The Hall–Kier alpha value is -2.05. The summed E-state index contributed by atoms with van der Waals surface area (Å²) in [5.41, 5.74) is 0. The minimum Gasteiger partial charge on any atom is -0.492 e. The first-order valence-corrected chi connectivity index (χ1v) is 9.88. The molecule has 1 fully saturated rings. The van der Waals surface area contributed by atoms with Crippen LogP contribution in [0.15, 0.2) is 41.8 Å². The van der Waals surface area contributed by atoms with E-state index in [0.717, 1.165) is 10.6 Å². The fourth-order valence-corrected chi connectivity index (χ4v) is 3.74. The number of carbonyl (C=O) groups excluding carboxylic acids is 2. The van der Waals surface area contributed by atoms with Crippen LogP contribution in [0.1, 0.15) is 22.5 Å². The number of rotatable bonds is 6. The second-order valence-corrected chi connectivity index (χ2v) is 7.52. The van der Waals surface area contributed by atoms with Crippen molar-refractivity contribution in [3.05, 3.63) is 51.7 Å². The molecule has 3 rings (SSSR count). The maximum atomic E-state index is 12.3. The minimum absolute atomic E-state index is 0.0351. The quantitative estimate of drug-likeness (QED) is 0.766. The number of benzene rings is 1. The summed E-state index contributed by atoms with van der Waals surface area (Å²) in [7, 11) is 0. The Morgan fingerprint density at radius 2 is 1.92 bits per heavy atom. The van der Waals surface area contributed by atoms with Crippen molar-refractivity contribution in [2.24, 2.45) is 5.92 Å². The van der Waals surface area contributed by atoms with Crippen molar-refractivity contribution >= 4 is 34.8 Å². The van der Waals surface area contributed by atoms with Crippen molar-refractivity contribution in [1.82, 2.24) is 10.2 Å². The first-order valence-electron chi connectivity index (χ1n) is 8.62. The predicted molar refractivity (Wildman–Crippen MR) is 103 cm³/mol. The van der Waals surface area contributed by atoms with Gasteiger partial charge < -0.3 is 15.0 Å². The van der Waals surface area contributed by atoms with Crippen molar-refractivity contribution in [3.8, 4) is 5.75 Å². The Morgan fingerprint density at radius 3 is 2.58 bits per heavy atom. The van der Waals surface area contributed by atoms with Gasteiger partial charge in [0.05, 0.1) is 11.4 Å². The van der Waals surface area contributed by atoms with E-state index in [4.69, 9.17) is 16.3 Å². The zero-order valence-electron chi connectivity index (χ0n) is 14.3. The van der Waals surface area contributed by atoms with Crippen LogP contribution in [0.25, 0.3) is 0 Å². The van der Waals surface area contributed by atoms with Crippen LogP contribution >= 0.6 is 22.9 Å². The average Bonchev–Trinajstić information content (AvgIpc) is 3.21. The molecule has 26 heavy (non-hydrogen) atoms. The van der Waals surface area contributed by atoms with Gasteiger partial charge in [0.15, 0.2) is 0 Å². The van der Waals surface area contributed by atoms with E-state index in [-0.39, 0.29) is 17.7 Å². The number of hydrogen-bond acceptors (Lipinski definition) is 4. The number of piperidine rings is 1. The van der Waals surface area contributed by atoms with Crippen LogP contribution in [0.4, 0.5) is 0 Å². The van der Waals surface area contributed by atoms with Gasteiger partial charge in [-0.3, -0.25) is 9.59 Å². The Balaban J connectivity index is 1.36. The van der Waals surface area contributed by atoms with Gasteiger partial charge in [-0.25, -0.2) is 0 Å². The van der Waals surface area contributed by atoms with Crippen molar-refractivity contribution < 1.29 is 14.3 Å². The Labute approximate surface area is 161 Å². The molecule has 1 aliphatic rings. The van der Waals surface area contributed by atoms with Crippen molar-refractivity contribution in [2.75, 3.05) is 26.2 Å². The molecular weight excluding hydrogens is 372 g/mol. The fourth-order valence-electron chi connectivity index (χ4n) is 2.92. The number of likely N-dealkylation sites (tertiary alicyclic amines) is 1. The lowest BCUT2D eigenvalue weighted by Crippen LogP contribution is -2.43. The average molecular weight is 393 g/mol. The molecule has 5 nitrogen and oxygen atoms in total. The van der Waals surface area contributed by atoms with Crippen molar-refractivity contribution in [2.45, 2.75) is 12.8 Å². The van der Waals surface area contributed by atoms with Crippen LogP contribution in [0, 0.1) is 5.92 Å². The molecule has 1 saturated heterocycles. The van der Waals surface area contributed by atoms with Crippen LogP contribution in [0.2, 0.25) is 5.02 Å². The molecule has 2 aromatic rings. The van der Waals surface area contributed by atoms with Gasteiger partial charge >= 0.3 is 0 Å². The first kappa shape index (κ1) is 18.7. The molecule has 0 bridgehead atoms. The van der Waals surface area contributed by atoms with Crippen molar-refractivity contribution in [1.29, 1.82) is 0 Å². The van der Waals surface area contributed by atoms with Gasteiger partial charge in [0.2, 0.25) is 5.91 Å². The molecule has 0 unspecified atom stereocenters. The molecule has 7 heteroatoms.